The van der Waals surface area contributed by atoms with Gasteiger partial charge in [-0.3, -0.25) is 13.9 Å². The Labute approximate surface area is 281 Å². The van der Waals surface area contributed by atoms with Crippen molar-refractivity contribution >= 4 is 39.1 Å². The standard InChI is InChI=1S/C36H39ClFN3O5S/c1-4-26(3)39-36(43)33(23-27-11-7-6-8-12-27)40(24-28-15-19-30(38)20-16-28)35(42)25-41(32-13-9-10-14-34(32)46-5-2)47(44,45)31-21-17-29(37)18-22-31/h6-22,26,33H,4-5,23-25H2,1-3H3,(H,39,43)/t26-,33-/m1/s1. The van der Waals surface area contributed by atoms with Gasteiger partial charge in [0.15, 0.2) is 0 Å². The number of nitrogens with zero attached hydrogens (tertiary/aromatic N) is 2. The Morgan fingerprint density at radius 1 is 0.872 bits per heavy atom. The molecule has 2 amide bonds. The third kappa shape index (κ3) is 9.33. The average molecular weight is 680 g/mol. The lowest BCUT2D eigenvalue weighted by atomic mass is 10.0. The summed E-state index contributed by atoms with van der Waals surface area (Å²) in [4.78, 5) is 29.8. The number of amides is 2. The predicted octanol–water partition coefficient (Wildman–Crippen LogP) is 6.63. The van der Waals surface area contributed by atoms with Gasteiger partial charge < -0.3 is 15.0 Å². The first-order valence-electron chi connectivity index (χ1n) is 15.4. The average Bonchev–Trinajstić information content (AvgIpc) is 3.07. The molecule has 0 fully saturated rings. The van der Waals surface area contributed by atoms with Crippen LogP contribution in [-0.2, 0) is 32.6 Å². The number of hydrogen-bond acceptors (Lipinski definition) is 5. The van der Waals surface area contributed by atoms with Crippen LogP contribution in [0.25, 0.3) is 0 Å². The number of sulfonamides is 1. The van der Waals surface area contributed by atoms with Crippen molar-refractivity contribution in [1.82, 2.24) is 10.2 Å². The molecule has 0 heterocycles. The Kier molecular flexibility index (Phi) is 12.4. The number of nitrogens with one attached hydrogen (secondary N) is 1. The summed E-state index contributed by atoms with van der Waals surface area (Å²) in [6.45, 7) is 5.10. The number of anilines is 1. The van der Waals surface area contributed by atoms with Crippen LogP contribution in [0.2, 0.25) is 5.02 Å². The molecule has 0 saturated carbocycles. The molecule has 4 aromatic rings. The molecule has 0 aliphatic rings. The first-order valence-corrected chi connectivity index (χ1v) is 17.2. The van der Waals surface area contributed by atoms with E-state index in [9.17, 15) is 22.4 Å². The number of benzene rings is 4. The number of halogens is 2. The molecule has 0 aromatic heterocycles. The second-order valence-corrected chi connectivity index (χ2v) is 13.3. The number of rotatable bonds is 15. The number of carbonyl (C=O) groups excluding carboxylic acids is 2. The van der Waals surface area contributed by atoms with Crippen LogP contribution < -0.4 is 14.4 Å². The number of para-hydroxylation sites is 2. The van der Waals surface area contributed by atoms with E-state index in [1.807, 2.05) is 44.2 Å². The number of ether oxygens (including phenoxy) is 1. The van der Waals surface area contributed by atoms with Gasteiger partial charge in [-0.25, -0.2) is 12.8 Å². The molecular weight excluding hydrogens is 641 g/mol. The summed E-state index contributed by atoms with van der Waals surface area (Å²) in [5.41, 5.74) is 1.53. The maximum absolute atomic E-state index is 14.6. The fourth-order valence-electron chi connectivity index (χ4n) is 4.97. The molecule has 4 aromatic carbocycles. The van der Waals surface area contributed by atoms with Crippen molar-refractivity contribution in [3.63, 3.8) is 0 Å². The summed E-state index contributed by atoms with van der Waals surface area (Å²) in [5, 5.41) is 3.35. The third-order valence-electron chi connectivity index (χ3n) is 7.65. The van der Waals surface area contributed by atoms with Crippen LogP contribution in [0, 0.1) is 5.82 Å². The van der Waals surface area contributed by atoms with Gasteiger partial charge in [-0.2, -0.15) is 0 Å². The van der Waals surface area contributed by atoms with E-state index in [4.69, 9.17) is 16.3 Å². The molecule has 47 heavy (non-hydrogen) atoms. The van der Waals surface area contributed by atoms with E-state index in [-0.39, 0.29) is 47.9 Å². The molecule has 0 saturated heterocycles. The van der Waals surface area contributed by atoms with Crippen molar-refractivity contribution < 1.29 is 27.1 Å². The Bertz CT molecular complexity index is 1740. The number of hydrogen-bond donors (Lipinski definition) is 1. The van der Waals surface area contributed by atoms with Crippen molar-refractivity contribution in [3.05, 3.63) is 125 Å². The molecule has 0 unspecified atom stereocenters. The van der Waals surface area contributed by atoms with E-state index < -0.39 is 34.3 Å². The van der Waals surface area contributed by atoms with Crippen LogP contribution in [-0.4, -0.2) is 50.4 Å². The zero-order chi connectivity index (χ0) is 34.0. The summed E-state index contributed by atoms with van der Waals surface area (Å²) < 4.78 is 49.2. The molecule has 0 aliphatic heterocycles. The van der Waals surface area contributed by atoms with Crippen molar-refractivity contribution in [3.8, 4) is 5.75 Å². The quantitative estimate of drug-likeness (QED) is 0.152. The highest BCUT2D eigenvalue weighted by Crippen LogP contribution is 2.33. The van der Waals surface area contributed by atoms with Gasteiger partial charge in [0, 0.05) is 24.0 Å². The zero-order valence-corrected chi connectivity index (χ0v) is 28.2. The Morgan fingerprint density at radius 3 is 2.15 bits per heavy atom. The van der Waals surface area contributed by atoms with Crippen molar-refractivity contribution in [2.45, 2.75) is 57.1 Å². The molecule has 248 valence electrons. The number of carbonyl (C=O) groups is 2. The van der Waals surface area contributed by atoms with Crippen molar-refractivity contribution in [2.24, 2.45) is 0 Å². The summed E-state index contributed by atoms with van der Waals surface area (Å²) in [5.74, 6) is -1.21. The van der Waals surface area contributed by atoms with E-state index >= 15 is 0 Å². The summed E-state index contributed by atoms with van der Waals surface area (Å²) in [6, 6.07) is 25.9. The lowest BCUT2D eigenvalue weighted by Crippen LogP contribution is -2.54. The van der Waals surface area contributed by atoms with Crippen LogP contribution in [0.15, 0.2) is 108 Å². The van der Waals surface area contributed by atoms with E-state index in [1.54, 1.807) is 31.2 Å². The van der Waals surface area contributed by atoms with Gasteiger partial charge in [0.05, 0.1) is 17.2 Å². The van der Waals surface area contributed by atoms with E-state index in [0.717, 1.165) is 9.87 Å². The van der Waals surface area contributed by atoms with Crippen LogP contribution in [0.1, 0.15) is 38.3 Å². The van der Waals surface area contributed by atoms with Gasteiger partial charge in [-0.1, -0.05) is 73.1 Å². The first-order chi connectivity index (χ1) is 22.5. The maximum atomic E-state index is 14.6. The zero-order valence-electron chi connectivity index (χ0n) is 26.6. The Balaban J connectivity index is 1.84. The Morgan fingerprint density at radius 2 is 1.51 bits per heavy atom. The highest BCUT2D eigenvalue weighted by Gasteiger charge is 2.35. The second-order valence-electron chi connectivity index (χ2n) is 11.0. The summed E-state index contributed by atoms with van der Waals surface area (Å²) in [6.07, 6.45) is 0.826. The molecule has 0 radical (unpaired) electrons. The lowest BCUT2D eigenvalue weighted by Gasteiger charge is -2.34. The minimum Gasteiger partial charge on any atom is -0.492 e. The minimum atomic E-state index is -4.35. The normalized spacial score (nSPS) is 12.5. The molecule has 0 spiro atoms. The monoisotopic (exact) mass is 679 g/mol. The van der Waals surface area contributed by atoms with Crippen LogP contribution in [0.3, 0.4) is 0 Å². The highest BCUT2D eigenvalue weighted by molar-refractivity contribution is 7.92. The van der Waals surface area contributed by atoms with Crippen molar-refractivity contribution in [1.29, 1.82) is 0 Å². The molecule has 2 atom stereocenters. The van der Waals surface area contributed by atoms with Gasteiger partial charge in [-0.05, 0) is 79.9 Å². The molecule has 8 nitrogen and oxygen atoms in total. The first kappa shape index (κ1) is 35.4. The molecule has 11 heteroatoms. The van der Waals surface area contributed by atoms with Gasteiger partial charge in [0.2, 0.25) is 11.8 Å². The van der Waals surface area contributed by atoms with Crippen LogP contribution in [0.5, 0.6) is 5.75 Å². The molecule has 1 N–H and O–H groups in total. The minimum absolute atomic E-state index is 0.0769. The van der Waals surface area contributed by atoms with E-state index in [2.05, 4.69) is 5.32 Å². The Hall–Kier alpha value is -4.41. The van der Waals surface area contributed by atoms with Gasteiger partial charge in [0.25, 0.3) is 10.0 Å². The second kappa shape index (κ2) is 16.4. The van der Waals surface area contributed by atoms with Crippen LogP contribution >= 0.6 is 11.6 Å². The lowest BCUT2D eigenvalue weighted by molar-refractivity contribution is -0.140. The molecule has 0 aliphatic carbocycles. The summed E-state index contributed by atoms with van der Waals surface area (Å²) in [7, 11) is -4.35. The van der Waals surface area contributed by atoms with Gasteiger partial charge in [0.1, 0.15) is 24.2 Å². The third-order valence-corrected chi connectivity index (χ3v) is 9.68. The van der Waals surface area contributed by atoms with Gasteiger partial charge >= 0.3 is 0 Å². The molecular formula is C36H39ClFN3O5S. The fourth-order valence-corrected chi connectivity index (χ4v) is 6.52. The smallest absolute Gasteiger partial charge is 0.264 e. The topological polar surface area (TPSA) is 96.0 Å². The maximum Gasteiger partial charge on any atom is 0.264 e. The molecule has 4 rings (SSSR count). The SMILES string of the molecule is CCOc1ccccc1N(CC(=O)N(Cc1ccc(F)cc1)[C@H](Cc1ccccc1)C(=O)N[C@H](C)CC)S(=O)(=O)c1ccc(Cl)cc1. The van der Waals surface area contributed by atoms with Gasteiger partial charge in [-0.15, -0.1) is 0 Å². The largest absolute Gasteiger partial charge is 0.492 e. The van der Waals surface area contributed by atoms with E-state index in [0.29, 0.717) is 17.0 Å². The highest BCUT2D eigenvalue weighted by atomic mass is 35.5. The van der Waals surface area contributed by atoms with E-state index in [1.165, 1.54) is 53.4 Å². The van der Waals surface area contributed by atoms with Crippen molar-refractivity contribution in [2.75, 3.05) is 17.5 Å². The molecule has 0 bridgehead atoms. The van der Waals surface area contributed by atoms with Crippen LogP contribution in [0.4, 0.5) is 10.1 Å². The summed E-state index contributed by atoms with van der Waals surface area (Å²) >= 11 is 6.06. The fraction of sp³-hybridized carbons (Fsp3) is 0.278. The predicted molar refractivity (Wildman–Crippen MR) is 182 cm³/mol.